The molecular weight excluding hydrogens is 508 g/mol. The van der Waals surface area contributed by atoms with E-state index in [0.29, 0.717) is 5.56 Å². The highest BCUT2D eigenvalue weighted by Gasteiger charge is 2.36. The smallest absolute Gasteiger partial charge is 0.426 e. The average Bonchev–Trinajstić information content (AvgIpc) is 2.83. The third kappa shape index (κ3) is 5.84. The summed E-state index contributed by atoms with van der Waals surface area (Å²) in [5.74, 6) is -6.27. The van der Waals surface area contributed by atoms with Crippen molar-refractivity contribution in [2.75, 3.05) is 0 Å². The first kappa shape index (κ1) is 26.0. The van der Waals surface area contributed by atoms with Gasteiger partial charge in [-0.15, -0.1) is 13.2 Å². The van der Waals surface area contributed by atoms with E-state index in [1.54, 1.807) is 6.92 Å². The molecule has 0 aliphatic heterocycles. The Bertz CT molecular complexity index is 1410. The summed E-state index contributed by atoms with van der Waals surface area (Å²) in [7, 11) is 0. The van der Waals surface area contributed by atoms with E-state index < -0.39 is 47.0 Å². The summed E-state index contributed by atoms with van der Waals surface area (Å²) in [6, 6.07) is 15.4. The lowest BCUT2D eigenvalue weighted by Crippen LogP contribution is -2.22. The van der Waals surface area contributed by atoms with Crippen molar-refractivity contribution in [1.82, 2.24) is 0 Å². The molecule has 0 heterocycles. The van der Waals surface area contributed by atoms with Gasteiger partial charge < -0.3 is 9.47 Å². The van der Waals surface area contributed by atoms with Gasteiger partial charge in [-0.25, -0.2) is 8.78 Å². The van der Waals surface area contributed by atoms with Gasteiger partial charge in [0.2, 0.25) is 5.82 Å². The molecule has 0 radical (unpaired) electrons. The van der Waals surface area contributed by atoms with E-state index in [4.69, 9.17) is 0 Å². The molecule has 0 bridgehead atoms. The molecule has 37 heavy (non-hydrogen) atoms. The first-order chi connectivity index (χ1) is 17.3. The highest BCUT2D eigenvalue weighted by molar-refractivity contribution is 5.71. The van der Waals surface area contributed by atoms with E-state index >= 15 is 0 Å². The third-order valence-electron chi connectivity index (χ3n) is 5.36. The quantitative estimate of drug-likeness (QED) is 0.235. The van der Waals surface area contributed by atoms with Crippen molar-refractivity contribution < 1.29 is 44.6 Å². The van der Waals surface area contributed by atoms with E-state index in [0.717, 1.165) is 42.0 Å². The Balaban J connectivity index is 1.56. The summed E-state index contributed by atoms with van der Waals surface area (Å²) in [6.45, 7) is 1.70. The zero-order chi connectivity index (χ0) is 27.0. The van der Waals surface area contributed by atoms with Gasteiger partial charge in [-0.2, -0.15) is 13.2 Å². The van der Waals surface area contributed by atoms with Crippen LogP contribution in [0.4, 0.5) is 35.1 Å². The highest BCUT2D eigenvalue weighted by Crippen LogP contribution is 2.37. The molecule has 0 N–H and O–H groups in total. The standard InChI is InChI=1S/C27H16F8O2/c1-15-2-9-19(10-3-15)26(31,32)36-23-13-11-20(24(29)25(23)30)17-6-4-16(5-7-17)18-8-12-22(21(28)14-18)37-27(33,34)35/h2-14H,1H3. The van der Waals surface area contributed by atoms with Gasteiger partial charge in [0.1, 0.15) is 0 Å². The summed E-state index contributed by atoms with van der Waals surface area (Å²) in [6.07, 6.45) is -8.97. The molecule has 0 saturated heterocycles. The number of halogens is 8. The number of hydrogen-bond acceptors (Lipinski definition) is 2. The van der Waals surface area contributed by atoms with Crippen molar-refractivity contribution in [3.63, 3.8) is 0 Å². The molecule has 0 fully saturated rings. The summed E-state index contributed by atoms with van der Waals surface area (Å²) in [4.78, 5) is 0. The molecule has 0 spiro atoms. The predicted octanol–water partition coefficient (Wildman–Crippen LogP) is 8.77. The summed E-state index contributed by atoms with van der Waals surface area (Å²) >= 11 is 0. The molecular formula is C27H16F8O2. The van der Waals surface area contributed by atoms with Gasteiger partial charge in [0.05, 0.1) is 5.56 Å². The predicted molar refractivity (Wildman–Crippen MR) is 120 cm³/mol. The Morgan fingerprint density at radius 1 is 0.568 bits per heavy atom. The lowest BCUT2D eigenvalue weighted by atomic mass is 9.99. The number of rotatable bonds is 6. The lowest BCUT2D eigenvalue weighted by Gasteiger charge is -2.19. The maximum atomic E-state index is 14.8. The van der Waals surface area contributed by atoms with Crippen LogP contribution in [0.15, 0.2) is 78.9 Å². The molecule has 0 atom stereocenters. The first-order valence-corrected chi connectivity index (χ1v) is 10.6. The maximum Gasteiger partial charge on any atom is 0.573 e. The molecule has 0 unspecified atom stereocenters. The molecule has 0 aromatic heterocycles. The van der Waals surface area contributed by atoms with Crippen LogP contribution in [0.1, 0.15) is 11.1 Å². The van der Waals surface area contributed by atoms with Crippen molar-refractivity contribution in [3.8, 4) is 33.8 Å². The minimum absolute atomic E-state index is 0.162. The fourth-order valence-corrected chi connectivity index (χ4v) is 3.51. The van der Waals surface area contributed by atoms with Gasteiger partial charge in [0, 0.05) is 5.56 Å². The number of benzene rings is 4. The minimum Gasteiger partial charge on any atom is -0.426 e. The molecule has 4 aromatic rings. The highest BCUT2D eigenvalue weighted by atomic mass is 19.4. The second-order valence-electron chi connectivity index (χ2n) is 7.99. The first-order valence-electron chi connectivity index (χ1n) is 10.6. The SMILES string of the molecule is Cc1ccc(C(F)(F)Oc2ccc(-c3ccc(-c4ccc(OC(F)(F)F)c(F)c4)cc3)c(F)c2F)cc1. The topological polar surface area (TPSA) is 18.5 Å². The Hall–Kier alpha value is -4.08. The molecule has 0 aliphatic carbocycles. The van der Waals surface area contributed by atoms with E-state index in [9.17, 15) is 35.1 Å². The monoisotopic (exact) mass is 524 g/mol. The fourth-order valence-electron chi connectivity index (χ4n) is 3.51. The van der Waals surface area contributed by atoms with Crippen molar-refractivity contribution >= 4 is 0 Å². The minimum atomic E-state index is -5.06. The molecule has 10 heteroatoms. The Labute approximate surface area is 205 Å². The van der Waals surface area contributed by atoms with E-state index in [1.165, 1.54) is 42.5 Å². The Morgan fingerprint density at radius 2 is 1.14 bits per heavy atom. The third-order valence-corrected chi connectivity index (χ3v) is 5.36. The van der Waals surface area contributed by atoms with Crippen LogP contribution in [-0.2, 0) is 6.11 Å². The van der Waals surface area contributed by atoms with Crippen molar-refractivity contribution in [3.05, 3.63) is 107 Å². The van der Waals surface area contributed by atoms with E-state index in [-0.39, 0.29) is 16.7 Å². The zero-order valence-corrected chi connectivity index (χ0v) is 18.8. The number of hydrogen-bond donors (Lipinski definition) is 0. The van der Waals surface area contributed by atoms with Crippen molar-refractivity contribution in [2.24, 2.45) is 0 Å². The van der Waals surface area contributed by atoms with Gasteiger partial charge in [-0.3, -0.25) is 0 Å². The van der Waals surface area contributed by atoms with E-state index in [1.807, 2.05) is 0 Å². The summed E-state index contributed by atoms with van der Waals surface area (Å²) in [5, 5.41) is 0. The molecule has 192 valence electrons. The van der Waals surface area contributed by atoms with Gasteiger partial charge in [-0.05, 0) is 60.0 Å². The second kappa shape index (κ2) is 9.76. The van der Waals surface area contributed by atoms with Crippen LogP contribution in [-0.4, -0.2) is 6.36 Å². The Kier molecular flexibility index (Phi) is 6.86. The van der Waals surface area contributed by atoms with Gasteiger partial charge in [0.15, 0.2) is 23.1 Å². The van der Waals surface area contributed by atoms with Crippen LogP contribution in [0.2, 0.25) is 0 Å². The van der Waals surface area contributed by atoms with Crippen LogP contribution in [0, 0.1) is 24.4 Å². The van der Waals surface area contributed by atoms with Crippen LogP contribution in [0.25, 0.3) is 22.3 Å². The fraction of sp³-hybridized carbons (Fsp3) is 0.111. The number of alkyl halides is 5. The molecule has 0 aliphatic rings. The second-order valence-corrected chi connectivity index (χ2v) is 7.99. The molecule has 4 rings (SSSR count). The molecule has 2 nitrogen and oxygen atoms in total. The van der Waals surface area contributed by atoms with Crippen LogP contribution in [0.5, 0.6) is 11.5 Å². The number of ether oxygens (including phenoxy) is 2. The molecule has 0 amide bonds. The largest absolute Gasteiger partial charge is 0.573 e. The lowest BCUT2D eigenvalue weighted by molar-refractivity contribution is -0.275. The summed E-state index contributed by atoms with van der Waals surface area (Å²) < 4.78 is 117. The van der Waals surface area contributed by atoms with Crippen LogP contribution >= 0.6 is 0 Å². The van der Waals surface area contributed by atoms with Crippen molar-refractivity contribution in [1.29, 1.82) is 0 Å². The average molecular weight is 524 g/mol. The van der Waals surface area contributed by atoms with Gasteiger partial charge in [-0.1, -0.05) is 48.0 Å². The zero-order valence-electron chi connectivity index (χ0n) is 18.8. The molecule has 4 aromatic carbocycles. The Morgan fingerprint density at radius 3 is 1.73 bits per heavy atom. The van der Waals surface area contributed by atoms with Crippen LogP contribution in [0.3, 0.4) is 0 Å². The summed E-state index contributed by atoms with van der Waals surface area (Å²) in [5.41, 5.74) is 0.661. The van der Waals surface area contributed by atoms with Crippen LogP contribution < -0.4 is 9.47 Å². The molecule has 0 saturated carbocycles. The maximum absolute atomic E-state index is 14.8. The van der Waals surface area contributed by atoms with Gasteiger partial charge >= 0.3 is 12.5 Å². The normalized spacial score (nSPS) is 11.9. The number of aryl methyl sites for hydroxylation is 1. The van der Waals surface area contributed by atoms with Gasteiger partial charge in [0.25, 0.3) is 0 Å². The van der Waals surface area contributed by atoms with E-state index in [2.05, 4.69) is 9.47 Å². The van der Waals surface area contributed by atoms with Crippen molar-refractivity contribution in [2.45, 2.75) is 19.4 Å².